The summed E-state index contributed by atoms with van der Waals surface area (Å²) >= 11 is 0. The van der Waals surface area contributed by atoms with Crippen LogP contribution in [0.2, 0.25) is 0 Å². The van der Waals surface area contributed by atoms with Crippen molar-refractivity contribution in [2.24, 2.45) is 0 Å². The van der Waals surface area contributed by atoms with Crippen LogP contribution in [0.3, 0.4) is 0 Å². The largest absolute Gasteiger partial charge is 0.343 e. The summed E-state index contributed by atoms with van der Waals surface area (Å²) in [4.78, 5) is 26.2. The summed E-state index contributed by atoms with van der Waals surface area (Å²) in [5, 5.41) is 3.14. The number of carbonyl (C=O) groups excluding carboxylic acids is 1. The molecule has 4 rings (SSSR count). The van der Waals surface area contributed by atoms with E-state index in [1.807, 2.05) is 61.0 Å². The molecule has 0 bridgehead atoms. The van der Waals surface area contributed by atoms with E-state index >= 15 is 0 Å². The van der Waals surface area contributed by atoms with E-state index in [0.29, 0.717) is 12.1 Å². The summed E-state index contributed by atoms with van der Waals surface area (Å²) in [6.45, 7) is 4.45. The third-order valence-corrected chi connectivity index (χ3v) is 4.80. The van der Waals surface area contributed by atoms with Gasteiger partial charge in [0.2, 0.25) is 0 Å². The van der Waals surface area contributed by atoms with Crippen LogP contribution >= 0.6 is 0 Å². The summed E-state index contributed by atoms with van der Waals surface area (Å²) in [6.07, 6.45) is 5.37. The third kappa shape index (κ3) is 3.76. The van der Waals surface area contributed by atoms with Crippen molar-refractivity contribution in [1.82, 2.24) is 24.8 Å². The summed E-state index contributed by atoms with van der Waals surface area (Å²) in [6, 6.07) is 15.2. The van der Waals surface area contributed by atoms with Gasteiger partial charge in [-0.1, -0.05) is 30.3 Å². The molecule has 6 heteroatoms. The Labute approximate surface area is 163 Å². The smallest absolute Gasteiger partial charge is 0.251 e. The van der Waals surface area contributed by atoms with Gasteiger partial charge in [-0.2, -0.15) is 0 Å². The maximum absolute atomic E-state index is 13.0. The van der Waals surface area contributed by atoms with Crippen molar-refractivity contribution < 1.29 is 4.79 Å². The lowest BCUT2D eigenvalue weighted by Gasteiger charge is -2.20. The van der Waals surface area contributed by atoms with Crippen molar-refractivity contribution in [3.63, 3.8) is 0 Å². The van der Waals surface area contributed by atoms with Crippen LogP contribution in [-0.4, -0.2) is 25.4 Å². The van der Waals surface area contributed by atoms with E-state index < -0.39 is 0 Å². The Morgan fingerprint density at radius 1 is 1.04 bits per heavy atom. The molecule has 0 unspecified atom stereocenters. The molecule has 6 nitrogen and oxygen atoms in total. The van der Waals surface area contributed by atoms with Gasteiger partial charge >= 0.3 is 0 Å². The van der Waals surface area contributed by atoms with Gasteiger partial charge in [0.05, 0.1) is 34.8 Å². The SMILES string of the molecule is Cc1nc2ccc(C(=O)N[C@H](Cn3ccnc3)c3ccccc3)cc2nc1C. The van der Waals surface area contributed by atoms with E-state index in [-0.39, 0.29) is 11.9 Å². The zero-order valence-electron chi connectivity index (χ0n) is 15.8. The van der Waals surface area contributed by atoms with Crippen molar-refractivity contribution in [2.45, 2.75) is 26.4 Å². The van der Waals surface area contributed by atoms with E-state index in [0.717, 1.165) is 28.0 Å². The second kappa shape index (κ2) is 7.60. The van der Waals surface area contributed by atoms with Gasteiger partial charge in [0.25, 0.3) is 5.91 Å². The molecule has 0 radical (unpaired) electrons. The van der Waals surface area contributed by atoms with Crippen LogP contribution < -0.4 is 5.32 Å². The van der Waals surface area contributed by atoms with E-state index in [4.69, 9.17) is 0 Å². The van der Waals surface area contributed by atoms with Gasteiger partial charge in [0, 0.05) is 24.5 Å². The topological polar surface area (TPSA) is 72.7 Å². The molecule has 0 aliphatic carbocycles. The molecule has 0 aliphatic rings. The Kier molecular flexibility index (Phi) is 4.85. The first-order valence-corrected chi connectivity index (χ1v) is 9.17. The third-order valence-electron chi connectivity index (χ3n) is 4.80. The molecule has 2 aromatic carbocycles. The number of hydrogen-bond donors (Lipinski definition) is 1. The molecule has 2 aromatic heterocycles. The first-order valence-electron chi connectivity index (χ1n) is 9.17. The normalized spacial score (nSPS) is 12.1. The van der Waals surface area contributed by atoms with E-state index in [9.17, 15) is 4.79 Å². The first kappa shape index (κ1) is 17.9. The van der Waals surface area contributed by atoms with Crippen LogP contribution in [0.1, 0.15) is 33.4 Å². The standard InChI is InChI=1S/C22H21N5O/c1-15-16(2)25-20-12-18(8-9-19(20)24-15)22(28)26-21(13-27-11-10-23-14-27)17-6-4-3-5-7-17/h3-12,14,21H,13H2,1-2H3,(H,26,28)/t21-/m1/s1. The van der Waals surface area contributed by atoms with Crippen LogP contribution in [0.15, 0.2) is 67.3 Å². The van der Waals surface area contributed by atoms with Crippen LogP contribution in [0.5, 0.6) is 0 Å². The molecule has 0 saturated carbocycles. The predicted molar refractivity (Wildman–Crippen MR) is 108 cm³/mol. The minimum atomic E-state index is -0.176. The molecule has 1 N–H and O–H groups in total. The van der Waals surface area contributed by atoms with Crippen molar-refractivity contribution in [3.8, 4) is 0 Å². The summed E-state index contributed by atoms with van der Waals surface area (Å²) in [5.74, 6) is -0.143. The van der Waals surface area contributed by atoms with Crippen molar-refractivity contribution in [2.75, 3.05) is 0 Å². The number of nitrogens with one attached hydrogen (secondary N) is 1. The molecule has 0 aliphatic heterocycles. The average molecular weight is 371 g/mol. The molecular weight excluding hydrogens is 350 g/mol. The minimum absolute atomic E-state index is 0.143. The van der Waals surface area contributed by atoms with Gasteiger partial charge in [0.15, 0.2) is 0 Å². The summed E-state index contributed by atoms with van der Waals surface area (Å²) in [7, 11) is 0. The number of nitrogens with zero attached hydrogens (tertiary/aromatic N) is 4. The number of imidazole rings is 1. The number of benzene rings is 2. The molecule has 1 atom stereocenters. The highest BCUT2D eigenvalue weighted by atomic mass is 16.1. The highest BCUT2D eigenvalue weighted by Crippen LogP contribution is 2.18. The Morgan fingerprint density at radius 3 is 2.50 bits per heavy atom. The highest BCUT2D eigenvalue weighted by Gasteiger charge is 2.17. The van der Waals surface area contributed by atoms with Gasteiger partial charge < -0.3 is 9.88 Å². The molecule has 28 heavy (non-hydrogen) atoms. The van der Waals surface area contributed by atoms with Crippen LogP contribution in [0.4, 0.5) is 0 Å². The zero-order valence-corrected chi connectivity index (χ0v) is 15.8. The van der Waals surface area contributed by atoms with E-state index in [1.54, 1.807) is 24.7 Å². The molecule has 0 saturated heterocycles. The first-order chi connectivity index (χ1) is 13.6. The number of hydrogen-bond acceptors (Lipinski definition) is 4. The zero-order chi connectivity index (χ0) is 19.5. The van der Waals surface area contributed by atoms with Crippen LogP contribution in [0.25, 0.3) is 11.0 Å². The number of rotatable bonds is 5. The predicted octanol–water partition coefficient (Wildman–Crippen LogP) is 3.61. The fourth-order valence-corrected chi connectivity index (χ4v) is 3.14. The van der Waals surface area contributed by atoms with Crippen LogP contribution in [0, 0.1) is 13.8 Å². The Balaban J connectivity index is 1.62. The molecule has 2 heterocycles. The maximum Gasteiger partial charge on any atom is 0.251 e. The molecular formula is C22H21N5O. The summed E-state index contributed by atoms with van der Waals surface area (Å²) < 4.78 is 1.95. The lowest BCUT2D eigenvalue weighted by Crippen LogP contribution is -2.31. The van der Waals surface area contributed by atoms with Gasteiger partial charge in [0.1, 0.15) is 0 Å². The maximum atomic E-state index is 13.0. The second-order valence-electron chi connectivity index (χ2n) is 6.79. The fraction of sp³-hybridized carbons (Fsp3) is 0.182. The second-order valence-corrected chi connectivity index (χ2v) is 6.79. The van der Waals surface area contributed by atoms with Crippen molar-refractivity contribution in [3.05, 3.63) is 89.8 Å². The average Bonchev–Trinajstić information content (AvgIpc) is 3.22. The number of aryl methyl sites for hydroxylation is 2. The van der Waals surface area contributed by atoms with E-state index in [1.165, 1.54) is 0 Å². The minimum Gasteiger partial charge on any atom is -0.343 e. The Morgan fingerprint density at radius 2 is 1.79 bits per heavy atom. The number of fused-ring (bicyclic) bond motifs is 1. The molecule has 0 fully saturated rings. The van der Waals surface area contributed by atoms with Gasteiger partial charge in [-0.3, -0.25) is 4.79 Å². The molecule has 140 valence electrons. The quantitative estimate of drug-likeness (QED) is 0.582. The van der Waals surface area contributed by atoms with Crippen LogP contribution in [-0.2, 0) is 6.54 Å². The summed E-state index contributed by atoms with van der Waals surface area (Å²) in [5.41, 5.74) is 4.88. The van der Waals surface area contributed by atoms with Gasteiger partial charge in [-0.05, 0) is 37.6 Å². The number of amides is 1. The van der Waals surface area contributed by atoms with Gasteiger partial charge in [-0.15, -0.1) is 0 Å². The number of carbonyl (C=O) groups is 1. The molecule has 1 amide bonds. The van der Waals surface area contributed by atoms with E-state index in [2.05, 4.69) is 20.3 Å². The molecule has 4 aromatic rings. The fourth-order valence-electron chi connectivity index (χ4n) is 3.14. The van der Waals surface area contributed by atoms with Crippen molar-refractivity contribution in [1.29, 1.82) is 0 Å². The Bertz CT molecular complexity index is 1110. The lowest BCUT2D eigenvalue weighted by atomic mass is 10.1. The van der Waals surface area contributed by atoms with Crippen molar-refractivity contribution >= 4 is 16.9 Å². The highest BCUT2D eigenvalue weighted by molar-refractivity contribution is 5.97. The lowest BCUT2D eigenvalue weighted by molar-refractivity contribution is 0.0932. The Hall–Kier alpha value is -3.54. The molecule has 0 spiro atoms. The van der Waals surface area contributed by atoms with Gasteiger partial charge in [-0.25, -0.2) is 15.0 Å². The number of aromatic nitrogens is 4. The monoisotopic (exact) mass is 371 g/mol.